The molecule has 1 heterocycles. The molecule has 0 spiro atoms. The first-order chi connectivity index (χ1) is 4.24. The monoisotopic (exact) mass is 127 g/mol. The first kappa shape index (κ1) is 6.39. The van der Waals surface area contributed by atoms with Crippen LogP contribution in [0, 0.1) is 0 Å². The maximum Gasteiger partial charge on any atom is 0.121 e. The van der Waals surface area contributed by atoms with Gasteiger partial charge in [-0.3, -0.25) is 5.01 Å². The first-order valence-electron chi connectivity index (χ1n) is 3.33. The Kier molecular flexibility index (Phi) is 1.60. The Morgan fingerprint density at radius 1 is 1.89 bits per heavy atom. The molecular formula is C6H13N3. The van der Waals surface area contributed by atoms with Gasteiger partial charge in [0, 0.05) is 13.0 Å². The molecule has 1 aliphatic heterocycles. The second-order valence-corrected chi connectivity index (χ2v) is 2.40. The molecule has 0 fully saturated rings. The zero-order valence-corrected chi connectivity index (χ0v) is 5.96. The SMILES string of the molecule is CCN1N=C(N)CC1C. The smallest absolute Gasteiger partial charge is 0.121 e. The molecule has 0 saturated carbocycles. The number of hydrogen-bond donors (Lipinski definition) is 1. The van der Waals surface area contributed by atoms with Gasteiger partial charge in [-0.1, -0.05) is 0 Å². The van der Waals surface area contributed by atoms with Crippen molar-refractivity contribution < 1.29 is 0 Å². The van der Waals surface area contributed by atoms with Crippen LogP contribution in [0.3, 0.4) is 0 Å². The van der Waals surface area contributed by atoms with Gasteiger partial charge in [-0.25, -0.2) is 0 Å². The summed E-state index contributed by atoms with van der Waals surface area (Å²) in [6.07, 6.45) is 0.924. The number of hydrogen-bond acceptors (Lipinski definition) is 3. The molecule has 0 aromatic heterocycles. The summed E-state index contributed by atoms with van der Waals surface area (Å²) in [4.78, 5) is 0. The Hall–Kier alpha value is -0.730. The molecule has 0 aromatic rings. The van der Waals surface area contributed by atoms with Crippen LogP contribution in [0.25, 0.3) is 0 Å². The highest BCUT2D eigenvalue weighted by Crippen LogP contribution is 2.10. The summed E-state index contributed by atoms with van der Waals surface area (Å²) in [7, 11) is 0. The van der Waals surface area contributed by atoms with Crippen molar-refractivity contribution in [2.75, 3.05) is 6.54 Å². The van der Waals surface area contributed by atoms with Crippen molar-refractivity contribution in [1.82, 2.24) is 5.01 Å². The molecule has 0 saturated heterocycles. The van der Waals surface area contributed by atoms with Gasteiger partial charge in [0.1, 0.15) is 5.84 Å². The van der Waals surface area contributed by atoms with Crippen molar-refractivity contribution in [2.24, 2.45) is 10.8 Å². The molecule has 1 aliphatic rings. The fraction of sp³-hybridized carbons (Fsp3) is 0.833. The molecule has 0 radical (unpaired) electrons. The average molecular weight is 127 g/mol. The largest absolute Gasteiger partial charge is 0.386 e. The second kappa shape index (κ2) is 2.25. The number of hydrazone groups is 1. The van der Waals surface area contributed by atoms with E-state index in [2.05, 4.69) is 18.9 Å². The Labute approximate surface area is 55.5 Å². The molecule has 3 heteroatoms. The van der Waals surface area contributed by atoms with E-state index >= 15 is 0 Å². The minimum Gasteiger partial charge on any atom is -0.386 e. The Morgan fingerprint density at radius 3 is 2.78 bits per heavy atom. The molecule has 1 atom stereocenters. The van der Waals surface area contributed by atoms with Crippen LogP contribution < -0.4 is 5.73 Å². The molecule has 1 unspecified atom stereocenters. The van der Waals surface area contributed by atoms with Crippen molar-refractivity contribution in [2.45, 2.75) is 26.3 Å². The minimum absolute atomic E-state index is 0.509. The van der Waals surface area contributed by atoms with Crippen LogP contribution >= 0.6 is 0 Å². The number of nitrogens with two attached hydrogens (primary N) is 1. The van der Waals surface area contributed by atoms with Gasteiger partial charge >= 0.3 is 0 Å². The summed E-state index contributed by atoms with van der Waals surface area (Å²) in [5, 5.41) is 6.12. The molecule has 9 heavy (non-hydrogen) atoms. The second-order valence-electron chi connectivity index (χ2n) is 2.40. The van der Waals surface area contributed by atoms with Gasteiger partial charge in [-0.05, 0) is 13.8 Å². The maximum atomic E-state index is 5.50. The van der Waals surface area contributed by atoms with E-state index in [1.807, 2.05) is 5.01 Å². The first-order valence-corrected chi connectivity index (χ1v) is 3.33. The van der Waals surface area contributed by atoms with Gasteiger partial charge in [0.25, 0.3) is 0 Å². The fourth-order valence-corrected chi connectivity index (χ4v) is 1.09. The molecule has 0 bridgehead atoms. The van der Waals surface area contributed by atoms with E-state index in [9.17, 15) is 0 Å². The van der Waals surface area contributed by atoms with E-state index in [0.29, 0.717) is 6.04 Å². The lowest BCUT2D eigenvalue weighted by atomic mass is 10.2. The quantitative estimate of drug-likeness (QED) is 0.553. The van der Waals surface area contributed by atoms with E-state index in [-0.39, 0.29) is 0 Å². The van der Waals surface area contributed by atoms with Crippen molar-refractivity contribution in [3.05, 3.63) is 0 Å². The van der Waals surface area contributed by atoms with Gasteiger partial charge in [-0.15, -0.1) is 0 Å². The van der Waals surface area contributed by atoms with Gasteiger partial charge < -0.3 is 5.73 Å². The summed E-state index contributed by atoms with van der Waals surface area (Å²) in [6, 6.07) is 0.509. The number of rotatable bonds is 1. The van der Waals surface area contributed by atoms with Crippen LogP contribution in [0.4, 0.5) is 0 Å². The lowest BCUT2D eigenvalue weighted by Gasteiger charge is -2.16. The zero-order valence-electron chi connectivity index (χ0n) is 5.96. The zero-order chi connectivity index (χ0) is 6.85. The molecular weight excluding hydrogens is 114 g/mol. The van der Waals surface area contributed by atoms with E-state index in [1.165, 1.54) is 0 Å². The van der Waals surface area contributed by atoms with Gasteiger partial charge in [0.15, 0.2) is 0 Å². The van der Waals surface area contributed by atoms with Crippen LogP contribution in [0.5, 0.6) is 0 Å². The summed E-state index contributed by atoms with van der Waals surface area (Å²) in [5.41, 5.74) is 5.50. The van der Waals surface area contributed by atoms with Gasteiger partial charge in [0.05, 0.1) is 6.04 Å². The third kappa shape index (κ3) is 1.15. The molecule has 3 nitrogen and oxygen atoms in total. The third-order valence-corrected chi connectivity index (χ3v) is 1.59. The Bertz CT molecular complexity index is 130. The van der Waals surface area contributed by atoms with Crippen molar-refractivity contribution >= 4 is 5.84 Å². The Morgan fingerprint density at radius 2 is 2.56 bits per heavy atom. The van der Waals surface area contributed by atoms with E-state index in [4.69, 9.17) is 5.73 Å². The van der Waals surface area contributed by atoms with E-state index in [0.717, 1.165) is 18.8 Å². The number of nitrogens with zero attached hydrogens (tertiary/aromatic N) is 2. The summed E-state index contributed by atoms with van der Waals surface area (Å²) < 4.78 is 0. The summed E-state index contributed by atoms with van der Waals surface area (Å²) in [5.74, 6) is 0.768. The molecule has 52 valence electrons. The van der Waals surface area contributed by atoms with Crippen LogP contribution in [0.1, 0.15) is 20.3 Å². The maximum absolute atomic E-state index is 5.50. The van der Waals surface area contributed by atoms with E-state index < -0.39 is 0 Å². The summed E-state index contributed by atoms with van der Waals surface area (Å²) in [6.45, 7) is 5.17. The fourth-order valence-electron chi connectivity index (χ4n) is 1.09. The molecule has 0 amide bonds. The highest BCUT2D eigenvalue weighted by Gasteiger charge is 2.17. The average Bonchev–Trinajstić information content (AvgIpc) is 2.10. The van der Waals surface area contributed by atoms with Crippen molar-refractivity contribution in [3.8, 4) is 0 Å². The van der Waals surface area contributed by atoms with Crippen molar-refractivity contribution in [1.29, 1.82) is 0 Å². The lowest BCUT2D eigenvalue weighted by Crippen LogP contribution is -2.22. The van der Waals surface area contributed by atoms with Crippen LogP contribution in [-0.4, -0.2) is 23.4 Å². The third-order valence-electron chi connectivity index (χ3n) is 1.59. The van der Waals surface area contributed by atoms with Crippen molar-refractivity contribution in [3.63, 3.8) is 0 Å². The predicted molar refractivity (Wildman–Crippen MR) is 38.1 cm³/mol. The highest BCUT2D eigenvalue weighted by molar-refractivity contribution is 5.81. The normalized spacial score (nSPS) is 26.7. The van der Waals surface area contributed by atoms with Crippen LogP contribution in [-0.2, 0) is 0 Å². The standard InChI is InChI=1S/C6H13N3/c1-3-9-5(2)4-6(7)8-9/h5H,3-4H2,1-2H3,(H2,7,8). The van der Waals surface area contributed by atoms with Gasteiger partial charge in [-0.2, -0.15) is 5.10 Å². The molecule has 0 aromatic carbocycles. The minimum atomic E-state index is 0.509. The lowest BCUT2D eigenvalue weighted by molar-refractivity contribution is 0.259. The highest BCUT2D eigenvalue weighted by atomic mass is 15.5. The van der Waals surface area contributed by atoms with Crippen LogP contribution in [0.2, 0.25) is 0 Å². The molecule has 0 aliphatic carbocycles. The topological polar surface area (TPSA) is 41.6 Å². The molecule has 2 N–H and O–H groups in total. The number of amidine groups is 1. The van der Waals surface area contributed by atoms with Crippen LogP contribution in [0.15, 0.2) is 5.10 Å². The van der Waals surface area contributed by atoms with Gasteiger partial charge in [0.2, 0.25) is 0 Å². The predicted octanol–water partition coefficient (Wildman–Crippen LogP) is 0.373. The van der Waals surface area contributed by atoms with E-state index in [1.54, 1.807) is 0 Å². The molecule has 1 rings (SSSR count). The summed E-state index contributed by atoms with van der Waals surface area (Å²) >= 11 is 0. The Balaban J connectivity index is 2.53.